The van der Waals surface area contributed by atoms with Crippen LogP contribution in [-0.2, 0) is 9.59 Å². The first kappa shape index (κ1) is 63.2. The van der Waals surface area contributed by atoms with Crippen molar-refractivity contribution in [3.05, 3.63) is 0 Å². The average molecular weight is 853 g/mol. The maximum atomic E-state index is 9.77. The predicted octanol–water partition coefficient (Wildman–Crippen LogP) is 14.3. The van der Waals surface area contributed by atoms with Crippen LogP contribution >= 0.6 is 0 Å². The van der Waals surface area contributed by atoms with Gasteiger partial charge in [0.1, 0.15) is 0 Å². The molecule has 6 nitrogen and oxygen atoms in total. The molecule has 0 saturated carbocycles. The molecular formula is C54H112N2O4. The van der Waals surface area contributed by atoms with Crippen LogP contribution in [0.15, 0.2) is 0 Å². The third-order valence-corrected chi connectivity index (χ3v) is 12.5. The van der Waals surface area contributed by atoms with E-state index in [0.717, 1.165) is 0 Å². The summed E-state index contributed by atoms with van der Waals surface area (Å²) in [7, 11) is 9.76. The van der Waals surface area contributed by atoms with E-state index in [9.17, 15) is 19.8 Å². The van der Waals surface area contributed by atoms with Crippen molar-refractivity contribution in [1.82, 2.24) is 0 Å². The van der Waals surface area contributed by atoms with E-state index in [1.165, 1.54) is 266 Å². The summed E-state index contributed by atoms with van der Waals surface area (Å²) in [4.78, 5) is 19.5. The maximum Gasteiger partial charge on any atom is 0.0782 e. The second-order valence-corrected chi connectivity index (χ2v) is 20.0. The molecule has 0 aliphatic carbocycles. The molecule has 0 unspecified atom stereocenters. The Balaban J connectivity index is -0.000000884. The minimum absolute atomic E-state index is 0.0761. The summed E-state index contributed by atoms with van der Waals surface area (Å²) in [6, 6.07) is 0. The van der Waals surface area contributed by atoms with Gasteiger partial charge in [0.05, 0.1) is 54.4 Å². The van der Waals surface area contributed by atoms with E-state index in [4.69, 9.17) is 0 Å². The first-order chi connectivity index (χ1) is 28.9. The quantitative estimate of drug-likeness (QED) is 0.0451. The molecule has 60 heavy (non-hydrogen) atoms. The number of nitrogens with zero attached hydrogens (tertiary/aromatic N) is 2. The average Bonchev–Trinajstić information content (AvgIpc) is 3.20. The van der Waals surface area contributed by atoms with E-state index in [-0.39, 0.29) is 12.8 Å². The van der Waals surface area contributed by atoms with Gasteiger partial charge in [-0.1, -0.05) is 207 Å². The summed E-state index contributed by atoms with van der Waals surface area (Å²) in [6.45, 7) is 14.7. The number of aliphatic carboxylic acids is 2. The lowest BCUT2D eigenvalue weighted by Gasteiger charge is -2.30. The molecule has 0 aromatic carbocycles. The number of carboxylic acid groups (broad SMARTS) is 2. The van der Waals surface area contributed by atoms with Crippen molar-refractivity contribution in [2.24, 2.45) is 0 Å². The van der Waals surface area contributed by atoms with Gasteiger partial charge in [-0.15, -0.1) is 0 Å². The molecule has 0 aliphatic heterocycles. The van der Waals surface area contributed by atoms with E-state index >= 15 is 0 Å². The summed E-state index contributed by atoms with van der Waals surface area (Å²) in [5, 5.41) is 19.5. The highest BCUT2D eigenvalue weighted by Gasteiger charge is 2.14. The number of hydrogen-bond acceptors (Lipinski definition) is 4. The van der Waals surface area contributed by atoms with Gasteiger partial charge in [0, 0.05) is 11.9 Å². The molecule has 0 aliphatic rings. The SMILES string of the molecule is CCCCCCCCCCCC[N+](C)(C)CCCCCCCCCC.CCCCCCCCCCCC[N+](C)(C)CCCCCCCCCC.O=C([O-])CCCCC(=O)[O-]. The van der Waals surface area contributed by atoms with Crippen molar-refractivity contribution in [3.63, 3.8) is 0 Å². The third-order valence-electron chi connectivity index (χ3n) is 12.5. The Bertz CT molecular complexity index is 778. The van der Waals surface area contributed by atoms with Crippen LogP contribution in [0.1, 0.15) is 285 Å². The lowest BCUT2D eigenvalue weighted by molar-refractivity contribution is -0.890. The van der Waals surface area contributed by atoms with E-state index in [1.54, 1.807) is 0 Å². The number of carbonyl (C=O) groups excluding carboxylic acids is 2. The van der Waals surface area contributed by atoms with E-state index in [1.807, 2.05) is 0 Å². The van der Waals surface area contributed by atoms with Gasteiger partial charge >= 0.3 is 0 Å². The van der Waals surface area contributed by atoms with Gasteiger partial charge in [-0.25, -0.2) is 0 Å². The van der Waals surface area contributed by atoms with Crippen LogP contribution in [-0.4, -0.2) is 75.3 Å². The highest BCUT2D eigenvalue weighted by Crippen LogP contribution is 2.16. The molecule has 0 atom stereocenters. The molecule has 0 radical (unpaired) electrons. The summed E-state index contributed by atoms with van der Waals surface area (Å²) in [5.41, 5.74) is 0. The van der Waals surface area contributed by atoms with Crippen LogP contribution in [0.25, 0.3) is 0 Å². The normalized spacial score (nSPS) is 11.5. The van der Waals surface area contributed by atoms with Crippen LogP contribution in [0.4, 0.5) is 0 Å². The summed E-state index contributed by atoms with van der Waals surface area (Å²) < 4.78 is 2.49. The van der Waals surface area contributed by atoms with Crippen molar-refractivity contribution in [2.45, 2.75) is 285 Å². The van der Waals surface area contributed by atoms with Crippen LogP contribution in [0.5, 0.6) is 0 Å². The molecule has 0 heterocycles. The van der Waals surface area contributed by atoms with Crippen molar-refractivity contribution in [3.8, 4) is 0 Å². The number of carbonyl (C=O) groups is 2. The standard InChI is InChI=1S/2C24H52N.C6H10O4/c2*1-5-7-9-11-13-15-16-18-20-22-24-25(3,4)23-21-19-17-14-12-10-8-6-2;7-5(8)3-1-2-4-6(9)10/h2*5-24H2,1-4H3;1-4H2,(H,7,8)(H,9,10)/q2*+1;/p-2. The zero-order chi connectivity index (χ0) is 45.3. The largest absolute Gasteiger partial charge is 0.550 e. The second-order valence-electron chi connectivity index (χ2n) is 20.0. The van der Waals surface area contributed by atoms with Crippen molar-refractivity contribution >= 4 is 11.9 Å². The predicted molar refractivity (Wildman–Crippen MR) is 261 cm³/mol. The van der Waals surface area contributed by atoms with Gasteiger partial charge in [-0.3, -0.25) is 0 Å². The second kappa shape index (κ2) is 50.5. The topological polar surface area (TPSA) is 80.3 Å². The molecular weight excluding hydrogens is 741 g/mol. The molecule has 0 aromatic rings. The molecule has 362 valence electrons. The fraction of sp³-hybridized carbons (Fsp3) is 0.963. The molecule has 0 amide bonds. The fourth-order valence-electron chi connectivity index (χ4n) is 8.16. The zero-order valence-electron chi connectivity index (χ0n) is 42.6. The van der Waals surface area contributed by atoms with Gasteiger partial charge in [-0.05, 0) is 77.0 Å². The Morgan fingerprint density at radius 2 is 0.417 bits per heavy atom. The molecule has 0 fully saturated rings. The first-order valence-corrected chi connectivity index (χ1v) is 26.9. The molecule has 0 N–H and O–H groups in total. The fourth-order valence-corrected chi connectivity index (χ4v) is 8.16. The smallest absolute Gasteiger partial charge is 0.0782 e. The summed E-state index contributed by atoms with van der Waals surface area (Å²) in [6.07, 6.45) is 52.6. The highest BCUT2D eigenvalue weighted by molar-refractivity contribution is 5.65. The molecule has 0 aromatic heterocycles. The van der Waals surface area contributed by atoms with E-state index < -0.39 is 11.9 Å². The number of rotatable bonds is 45. The van der Waals surface area contributed by atoms with Gasteiger partial charge < -0.3 is 28.8 Å². The van der Waals surface area contributed by atoms with Crippen LogP contribution in [0.3, 0.4) is 0 Å². The number of hydrogen-bond donors (Lipinski definition) is 0. The van der Waals surface area contributed by atoms with Gasteiger partial charge in [-0.2, -0.15) is 0 Å². The van der Waals surface area contributed by atoms with Crippen molar-refractivity contribution in [2.75, 3.05) is 54.4 Å². The molecule has 0 saturated heterocycles. The van der Waals surface area contributed by atoms with Crippen molar-refractivity contribution < 1.29 is 28.8 Å². The first-order valence-electron chi connectivity index (χ1n) is 26.9. The lowest BCUT2D eigenvalue weighted by atomic mass is 10.1. The van der Waals surface area contributed by atoms with E-state index in [2.05, 4.69) is 55.9 Å². The monoisotopic (exact) mass is 853 g/mol. The Kier molecular flexibility index (Phi) is 53.2. The summed E-state index contributed by atoms with van der Waals surface area (Å²) in [5.74, 6) is -2.28. The highest BCUT2D eigenvalue weighted by atomic mass is 16.4. The number of carboxylic acids is 2. The van der Waals surface area contributed by atoms with Gasteiger partial charge in [0.2, 0.25) is 0 Å². The molecule has 0 bridgehead atoms. The number of unbranched alkanes of at least 4 members (excludes halogenated alkanes) is 33. The maximum absolute atomic E-state index is 9.77. The Hall–Kier alpha value is -1.14. The van der Waals surface area contributed by atoms with Crippen LogP contribution in [0.2, 0.25) is 0 Å². The van der Waals surface area contributed by atoms with Gasteiger partial charge in [0.25, 0.3) is 0 Å². The third kappa shape index (κ3) is 61.2. The van der Waals surface area contributed by atoms with E-state index in [0.29, 0.717) is 12.8 Å². The molecule has 0 rings (SSSR count). The lowest BCUT2D eigenvalue weighted by Crippen LogP contribution is -2.41. The Labute approximate surface area is 378 Å². The molecule has 0 spiro atoms. The minimum atomic E-state index is -1.14. The minimum Gasteiger partial charge on any atom is -0.550 e. The number of quaternary nitrogens is 2. The van der Waals surface area contributed by atoms with Crippen LogP contribution in [0, 0.1) is 0 Å². The zero-order valence-corrected chi connectivity index (χ0v) is 42.6. The Morgan fingerprint density at radius 3 is 0.567 bits per heavy atom. The molecule has 6 heteroatoms. The van der Waals surface area contributed by atoms with Gasteiger partial charge in [0.15, 0.2) is 0 Å². The van der Waals surface area contributed by atoms with Crippen LogP contribution < -0.4 is 10.2 Å². The Morgan fingerprint density at radius 1 is 0.267 bits per heavy atom. The summed E-state index contributed by atoms with van der Waals surface area (Å²) >= 11 is 0. The van der Waals surface area contributed by atoms with Crippen molar-refractivity contribution in [1.29, 1.82) is 0 Å².